The molecule has 0 aromatic heterocycles. The molecular formula is C17H23ClN2O2. The van der Waals surface area contributed by atoms with Crippen molar-refractivity contribution in [1.29, 1.82) is 0 Å². The Kier molecular flexibility index (Phi) is 4.59. The van der Waals surface area contributed by atoms with Gasteiger partial charge in [-0.15, -0.1) is 12.4 Å². The number of piperidine rings is 1. The lowest BCUT2D eigenvalue weighted by molar-refractivity contribution is -0.135. The van der Waals surface area contributed by atoms with Crippen LogP contribution in [0, 0.1) is 5.92 Å². The Bertz CT molecular complexity index is 551. The zero-order valence-electron chi connectivity index (χ0n) is 12.7. The van der Waals surface area contributed by atoms with Crippen LogP contribution in [0.5, 0.6) is 5.75 Å². The molecule has 3 aliphatic rings. The maximum absolute atomic E-state index is 13.0. The molecule has 4 nitrogen and oxygen atoms in total. The third-order valence-corrected chi connectivity index (χ3v) is 5.22. The van der Waals surface area contributed by atoms with Crippen LogP contribution >= 0.6 is 12.4 Å². The maximum Gasteiger partial charge on any atom is 0.230 e. The van der Waals surface area contributed by atoms with Crippen molar-refractivity contribution in [1.82, 2.24) is 10.2 Å². The minimum absolute atomic E-state index is 0. The minimum Gasteiger partial charge on any atom is -0.493 e. The molecule has 4 rings (SSSR count). The first-order chi connectivity index (χ1) is 10.3. The van der Waals surface area contributed by atoms with Crippen LogP contribution in [0.2, 0.25) is 0 Å². The molecule has 1 aromatic rings. The molecule has 0 saturated carbocycles. The number of amides is 1. The molecule has 3 unspecified atom stereocenters. The number of nitrogens with one attached hydrogen (secondary N) is 1. The summed E-state index contributed by atoms with van der Waals surface area (Å²) in [6.45, 7) is 3.58. The van der Waals surface area contributed by atoms with Gasteiger partial charge in [-0.1, -0.05) is 18.2 Å². The van der Waals surface area contributed by atoms with E-state index in [1.165, 1.54) is 6.42 Å². The molecule has 1 amide bonds. The standard InChI is InChI=1S/C17H22N2O2.ClH/c20-17(19-9-6-15-12(11-19)5-8-18-15)14-7-10-21-16-4-2-1-3-13(14)16;/h1-4,12,14-15,18H,5-11H2;1H. The zero-order valence-corrected chi connectivity index (χ0v) is 13.5. The lowest BCUT2D eigenvalue weighted by Crippen LogP contribution is -2.48. The van der Waals surface area contributed by atoms with Gasteiger partial charge < -0.3 is 15.0 Å². The van der Waals surface area contributed by atoms with Crippen molar-refractivity contribution < 1.29 is 9.53 Å². The normalized spacial score (nSPS) is 29.8. The van der Waals surface area contributed by atoms with Gasteiger partial charge in [0.05, 0.1) is 12.5 Å². The largest absolute Gasteiger partial charge is 0.493 e. The second kappa shape index (κ2) is 6.47. The van der Waals surface area contributed by atoms with Crippen LogP contribution in [0.15, 0.2) is 24.3 Å². The monoisotopic (exact) mass is 322 g/mol. The number of ether oxygens (including phenoxy) is 1. The van der Waals surface area contributed by atoms with Gasteiger partial charge in [-0.05, 0) is 37.8 Å². The molecule has 2 fully saturated rings. The van der Waals surface area contributed by atoms with E-state index in [2.05, 4.69) is 10.2 Å². The predicted octanol–water partition coefficient (Wildman–Crippen LogP) is 2.18. The minimum atomic E-state index is -0.0131. The summed E-state index contributed by atoms with van der Waals surface area (Å²) < 4.78 is 5.68. The fraction of sp³-hybridized carbons (Fsp3) is 0.588. The van der Waals surface area contributed by atoms with Crippen LogP contribution in [0.4, 0.5) is 0 Å². The van der Waals surface area contributed by atoms with Crippen molar-refractivity contribution in [3.63, 3.8) is 0 Å². The molecule has 0 aliphatic carbocycles. The highest BCUT2D eigenvalue weighted by molar-refractivity contribution is 5.85. The number of carbonyl (C=O) groups is 1. The number of fused-ring (bicyclic) bond motifs is 2. The van der Waals surface area contributed by atoms with Crippen molar-refractivity contribution in [3.05, 3.63) is 29.8 Å². The average Bonchev–Trinajstić information content (AvgIpc) is 3.01. The highest BCUT2D eigenvalue weighted by Crippen LogP contribution is 2.36. The molecule has 3 heterocycles. The van der Waals surface area contributed by atoms with Gasteiger partial charge in [0.1, 0.15) is 5.75 Å². The quantitative estimate of drug-likeness (QED) is 0.861. The van der Waals surface area contributed by atoms with Crippen LogP contribution in [-0.2, 0) is 4.79 Å². The van der Waals surface area contributed by atoms with Crippen molar-refractivity contribution >= 4 is 18.3 Å². The molecule has 120 valence electrons. The van der Waals surface area contributed by atoms with E-state index in [4.69, 9.17) is 4.74 Å². The van der Waals surface area contributed by atoms with E-state index >= 15 is 0 Å². The van der Waals surface area contributed by atoms with Crippen molar-refractivity contribution in [3.8, 4) is 5.75 Å². The number of carbonyl (C=O) groups excluding carboxylic acids is 1. The van der Waals surface area contributed by atoms with Crippen LogP contribution < -0.4 is 10.1 Å². The van der Waals surface area contributed by atoms with E-state index in [-0.39, 0.29) is 18.3 Å². The van der Waals surface area contributed by atoms with Crippen LogP contribution in [0.25, 0.3) is 0 Å². The number of para-hydroxylation sites is 1. The summed E-state index contributed by atoms with van der Waals surface area (Å²) in [7, 11) is 0. The molecule has 3 aliphatic heterocycles. The highest BCUT2D eigenvalue weighted by atomic mass is 35.5. The SMILES string of the molecule is Cl.O=C(C1CCOc2ccccc21)N1CCC2NCCC2C1. The number of hydrogen-bond donors (Lipinski definition) is 1. The zero-order chi connectivity index (χ0) is 14.2. The first-order valence-electron chi connectivity index (χ1n) is 8.07. The molecule has 1 N–H and O–H groups in total. The Labute approximate surface area is 137 Å². The fourth-order valence-electron chi connectivity index (χ4n) is 4.07. The summed E-state index contributed by atoms with van der Waals surface area (Å²) >= 11 is 0. The smallest absolute Gasteiger partial charge is 0.230 e. The Balaban J connectivity index is 0.00000144. The van der Waals surface area contributed by atoms with Gasteiger partial charge in [-0.25, -0.2) is 0 Å². The first kappa shape index (κ1) is 15.6. The first-order valence-corrected chi connectivity index (χ1v) is 8.07. The second-order valence-corrected chi connectivity index (χ2v) is 6.41. The Morgan fingerprint density at radius 1 is 1.23 bits per heavy atom. The lowest BCUT2D eigenvalue weighted by Gasteiger charge is -2.37. The number of halogens is 1. The van der Waals surface area contributed by atoms with Crippen molar-refractivity contribution in [2.45, 2.75) is 31.2 Å². The van der Waals surface area contributed by atoms with Gasteiger partial charge in [-0.3, -0.25) is 4.79 Å². The van der Waals surface area contributed by atoms with Gasteiger partial charge in [-0.2, -0.15) is 0 Å². The van der Waals surface area contributed by atoms with E-state index in [1.807, 2.05) is 24.3 Å². The lowest BCUT2D eigenvalue weighted by atomic mass is 9.88. The van der Waals surface area contributed by atoms with E-state index in [0.717, 1.165) is 43.8 Å². The molecule has 2 saturated heterocycles. The van der Waals surface area contributed by atoms with E-state index in [0.29, 0.717) is 24.5 Å². The van der Waals surface area contributed by atoms with Gasteiger partial charge in [0.2, 0.25) is 5.91 Å². The summed E-state index contributed by atoms with van der Waals surface area (Å²) in [6, 6.07) is 8.63. The van der Waals surface area contributed by atoms with Gasteiger partial charge in [0, 0.05) is 24.7 Å². The van der Waals surface area contributed by atoms with Crippen molar-refractivity contribution in [2.24, 2.45) is 5.92 Å². The molecule has 0 bridgehead atoms. The number of hydrogen-bond acceptors (Lipinski definition) is 3. The summed E-state index contributed by atoms with van der Waals surface area (Å²) in [6.07, 6.45) is 3.11. The summed E-state index contributed by atoms with van der Waals surface area (Å²) in [5.74, 6) is 1.83. The Hall–Kier alpha value is -1.26. The summed E-state index contributed by atoms with van der Waals surface area (Å²) in [5.41, 5.74) is 1.07. The van der Waals surface area contributed by atoms with Gasteiger partial charge in [0.25, 0.3) is 0 Å². The van der Waals surface area contributed by atoms with Gasteiger partial charge in [0.15, 0.2) is 0 Å². The third kappa shape index (κ3) is 2.70. The van der Waals surface area contributed by atoms with E-state index in [9.17, 15) is 4.79 Å². The fourth-order valence-corrected chi connectivity index (χ4v) is 4.07. The molecule has 5 heteroatoms. The predicted molar refractivity (Wildman–Crippen MR) is 87.6 cm³/mol. The Morgan fingerprint density at radius 2 is 2.09 bits per heavy atom. The average molecular weight is 323 g/mol. The second-order valence-electron chi connectivity index (χ2n) is 6.41. The Morgan fingerprint density at radius 3 is 3.00 bits per heavy atom. The molecule has 22 heavy (non-hydrogen) atoms. The van der Waals surface area contributed by atoms with Gasteiger partial charge >= 0.3 is 0 Å². The highest BCUT2D eigenvalue weighted by Gasteiger charge is 2.37. The molecule has 0 radical (unpaired) electrons. The molecule has 0 spiro atoms. The number of benzene rings is 1. The van der Waals surface area contributed by atoms with Crippen LogP contribution in [-0.4, -0.2) is 43.1 Å². The van der Waals surface area contributed by atoms with Crippen molar-refractivity contribution in [2.75, 3.05) is 26.2 Å². The summed E-state index contributed by atoms with van der Waals surface area (Å²) in [5, 5.41) is 3.56. The van der Waals surface area contributed by atoms with Crippen LogP contribution in [0.1, 0.15) is 30.7 Å². The topological polar surface area (TPSA) is 41.6 Å². The number of rotatable bonds is 1. The van der Waals surface area contributed by atoms with E-state index < -0.39 is 0 Å². The van der Waals surface area contributed by atoms with E-state index in [1.54, 1.807) is 0 Å². The van der Waals surface area contributed by atoms with Crippen LogP contribution in [0.3, 0.4) is 0 Å². The number of likely N-dealkylation sites (tertiary alicyclic amines) is 1. The maximum atomic E-state index is 13.0. The molecule has 3 atom stereocenters. The molecular weight excluding hydrogens is 300 g/mol. The third-order valence-electron chi connectivity index (χ3n) is 5.22. The molecule has 1 aromatic carbocycles. The summed E-state index contributed by atoms with van der Waals surface area (Å²) in [4.78, 5) is 15.1. The number of nitrogens with zero attached hydrogens (tertiary/aromatic N) is 1.